The molecule has 6 radical (unpaired) electrons. The molecular weight excluding hydrogens is 332 g/mol. The molecule has 8 heteroatoms. The molecule has 0 rings (SSSR count). The molecule has 0 unspecified atom stereocenters. The first-order valence-electron chi connectivity index (χ1n) is 1.07. The first kappa shape index (κ1) is 31.6. The maximum absolute atomic E-state index is 8.93. The molecular formula is C2Ag2N2O4. The van der Waals surface area contributed by atoms with Crippen molar-refractivity contribution in [2.24, 2.45) is 0 Å². The van der Waals surface area contributed by atoms with Gasteiger partial charge in [0.1, 0.15) is 0 Å². The van der Waals surface area contributed by atoms with Gasteiger partial charge in [0, 0.05) is 12.3 Å². The Morgan fingerprint density at radius 2 is 0.900 bits per heavy atom. The molecule has 0 aromatic heterocycles. The van der Waals surface area contributed by atoms with Gasteiger partial charge in [0.05, 0.1) is 11.9 Å². The molecule has 0 aromatic rings. The van der Waals surface area contributed by atoms with E-state index in [2.05, 4.69) is 0 Å². The molecule has 0 N–H and O–H groups in total. The summed E-state index contributed by atoms with van der Waals surface area (Å²) < 4.78 is 0. The van der Waals surface area contributed by atoms with E-state index in [-0.39, 0.29) is 57.1 Å². The summed E-state index contributed by atoms with van der Waals surface area (Å²) in [5.74, 6) is -4.37. The number of rotatable bonds is 0. The van der Waals surface area contributed by atoms with Gasteiger partial charge in [-0.15, -0.1) is 0 Å². The second kappa shape index (κ2) is 16.2. The summed E-state index contributed by atoms with van der Waals surface area (Å²) in [6.07, 6.45) is 0. The molecule has 10 heavy (non-hydrogen) atoms. The van der Waals surface area contributed by atoms with Crippen molar-refractivity contribution < 1.29 is 64.6 Å². The Kier molecular flexibility index (Phi) is 51.1. The van der Waals surface area contributed by atoms with E-state index in [1.54, 1.807) is 0 Å². The van der Waals surface area contributed by atoms with E-state index >= 15 is 0 Å². The molecule has 0 amide bonds. The molecule has 0 saturated carbocycles. The molecule has 0 fully saturated rings. The average Bonchev–Trinajstić information content (AvgIpc) is 1.36. The van der Waals surface area contributed by atoms with Gasteiger partial charge in [0.15, 0.2) is 0 Å². The standard InChI is InChI=1S/C2H2O4.2Ag.2N/c3-1(4)2(5)6;;;;/h(H,3,4)(H,5,6);;;;/q;2*+1;;/p-2. The van der Waals surface area contributed by atoms with Crippen molar-refractivity contribution >= 4 is 11.9 Å². The van der Waals surface area contributed by atoms with Crippen molar-refractivity contribution in [1.82, 2.24) is 12.3 Å². The van der Waals surface area contributed by atoms with Crippen LogP contribution in [0.5, 0.6) is 0 Å². The largest absolute Gasteiger partial charge is 1.00 e. The summed E-state index contributed by atoms with van der Waals surface area (Å²) in [4.78, 5) is 17.9. The number of carboxylic acids is 2. The van der Waals surface area contributed by atoms with Crippen LogP contribution in [0.25, 0.3) is 0 Å². The molecule has 6 nitrogen and oxygen atoms in total. The molecule has 0 spiro atoms. The maximum Gasteiger partial charge on any atom is 1.00 e. The van der Waals surface area contributed by atoms with Crippen LogP contribution in [0.2, 0.25) is 0 Å². The summed E-state index contributed by atoms with van der Waals surface area (Å²) in [6, 6.07) is 0. The summed E-state index contributed by atoms with van der Waals surface area (Å²) in [5, 5.41) is 17.9. The van der Waals surface area contributed by atoms with Crippen molar-refractivity contribution in [1.29, 1.82) is 0 Å². The first-order chi connectivity index (χ1) is 2.64. The summed E-state index contributed by atoms with van der Waals surface area (Å²) in [5.41, 5.74) is 0. The van der Waals surface area contributed by atoms with Crippen LogP contribution >= 0.6 is 0 Å². The van der Waals surface area contributed by atoms with Gasteiger partial charge >= 0.3 is 44.8 Å². The van der Waals surface area contributed by atoms with Crippen LogP contribution in [0.3, 0.4) is 0 Å². The third-order valence-corrected chi connectivity index (χ3v) is 0.167. The van der Waals surface area contributed by atoms with Crippen molar-refractivity contribution in [3.05, 3.63) is 0 Å². The fourth-order valence-corrected chi connectivity index (χ4v) is 0. The number of carbonyl (C=O) groups excluding carboxylic acids is 2. The van der Waals surface area contributed by atoms with Crippen LogP contribution in [0.15, 0.2) is 0 Å². The number of aliphatic carboxylic acids is 2. The average molecular weight is 332 g/mol. The van der Waals surface area contributed by atoms with E-state index < -0.39 is 11.9 Å². The quantitative estimate of drug-likeness (QED) is 0.326. The molecule has 0 bridgehead atoms. The SMILES string of the molecule is O=C([O-])C(=O)[O-].[Ag+].[Ag+].[N].[N]. The van der Waals surface area contributed by atoms with Gasteiger partial charge in [0.25, 0.3) is 0 Å². The predicted octanol–water partition coefficient (Wildman–Crippen LogP) is -4.48. The van der Waals surface area contributed by atoms with Gasteiger partial charge < -0.3 is 19.8 Å². The van der Waals surface area contributed by atoms with Crippen LogP contribution in [-0.4, -0.2) is 11.9 Å². The van der Waals surface area contributed by atoms with E-state index in [1.807, 2.05) is 0 Å². The van der Waals surface area contributed by atoms with Crippen LogP contribution in [0.4, 0.5) is 0 Å². The molecule has 0 atom stereocenters. The van der Waals surface area contributed by atoms with E-state index in [9.17, 15) is 0 Å². The number of hydrogen-bond acceptors (Lipinski definition) is 4. The Morgan fingerprint density at radius 1 is 0.800 bits per heavy atom. The molecule has 0 heterocycles. The van der Waals surface area contributed by atoms with Crippen LogP contribution in [-0.2, 0) is 54.3 Å². The molecule has 64 valence electrons. The molecule has 0 aliphatic rings. The monoisotopic (exact) mass is 330 g/mol. The predicted molar refractivity (Wildman–Crippen MR) is 14.3 cm³/mol. The van der Waals surface area contributed by atoms with Crippen molar-refractivity contribution in [3.8, 4) is 0 Å². The Hall–Kier alpha value is 0.341. The summed E-state index contributed by atoms with van der Waals surface area (Å²) >= 11 is 0. The number of hydrogen-bond donors (Lipinski definition) is 0. The minimum Gasteiger partial charge on any atom is -0.543 e. The summed E-state index contributed by atoms with van der Waals surface area (Å²) in [7, 11) is 0. The zero-order chi connectivity index (χ0) is 5.15. The van der Waals surface area contributed by atoms with Gasteiger partial charge in [-0.2, -0.15) is 0 Å². The Morgan fingerprint density at radius 3 is 0.900 bits per heavy atom. The van der Waals surface area contributed by atoms with E-state index in [4.69, 9.17) is 19.8 Å². The Bertz CT molecular complexity index is 85.3. The molecule has 0 aliphatic heterocycles. The normalized spacial score (nSPS) is 4.40. The molecule has 0 aromatic carbocycles. The molecule has 0 aliphatic carbocycles. The fraction of sp³-hybridized carbons (Fsp3) is 0. The van der Waals surface area contributed by atoms with Gasteiger partial charge in [-0.3, -0.25) is 0 Å². The van der Waals surface area contributed by atoms with Gasteiger partial charge in [-0.25, -0.2) is 0 Å². The third kappa shape index (κ3) is 23.9. The van der Waals surface area contributed by atoms with E-state index in [0.717, 1.165) is 0 Å². The number of carboxylic acid groups (broad SMARTS) is 2. The van der Waals surface area contributed by atoms with Crippen molar-refractivity contribution in [2.45, 2.75) is 0 Å². The smallest absolute Gasteiger partial charge is 0.543 e. The minimum absolute atomic E-state index is 0. The first-order valence-corrected chi connectivity index (χ1v) is 1.07. The Balaban J connectivity index is -0.0000000208. The number of carbonyl (C=O) groups is 2. The second-order valence-electron chi connectivity index (χ2n) is 0.575. The molecule has 0 saturated heterocycles. The summed E-state index contributed by atoms with van der Waals surface area (Å²) in [6.45, 7) is 0. The topological polar surface area (TPSA) is 141 Å². The van der Waals surface area contributed by atoms with E-state index in [1.165, 1.54) is 0 Å². The van der Waals surface area contributed by atoms with Crippen molar-refractivity contribution in [3.63, 3.8) is 0 Å². The Labute approximate surface area is 88.6 Å². The van der Waals surface area contributed by atoms with Crippen LogP contribution in [0, 0.1) is 0 Å². The third-order valence-electron chi connectivity index (χ3n) is 0.167. The van der Waals surface area contributed by atoms with E-state index in [0.29, 0.717) is 0 Å². The van der Waals surface area contributed by atoms with Crippen molar-refractivity contribution in [2.75, 3.05) is 0 Å². The van der Waals surface area contributed by atoms with Crippen LogP contribution in [0.1, 0.15) is 0 Å². The van der Waals surface area contributed by atoms with Gasteiger partial charge in [0.2, 0.25) is 0 Å². The minimum atomic E-state index is -2.19. The maximum atomic E-state index is 8.93. The fourth-order valence-electron chi connectivity index (χ4n) is 0. The van der Waals surface area contributed by atoms with Crippen LogP contribution < -0.4 is 22.5 Å². The second-order valence-corrected chi connectivity index (χ2v) is 0.575. The zero-order valence-electron chi connectivity index (χ0n) is 4.13. The zero-order valence-corrected chi connectivity index (χ0v) is 7.09. The van der Waals surface area contributed by atoms with Gasteiger partial charge in [-0.1, -0.05) is 0 Å². The number of nitrogens with zero attached hydrogens (tertiary/aromatic N) is 2. The van der Waals surface area contributed by atoms with Gasteiger partial charge in [-0.05, 0) is 0 Å².